The maximum atomic E-state index is 12.4. The fourth-order valence-corrected chi connectivity index (χ4v) is 4.84. The molecule has 2 N–H and O–H groups in total. The van der Waals surface area contributed by atoms with E-state index in [1.165, 1.54) is 11.4 Å². The zero-order valence-electron chi connectivity index (χ0n) is 11.2. The first-order chi connectivity index (χ1) is 9.72. The molecule has 8 heteroatoms. The molecule has 1 heterocycles. The lowest BCUT2D eigenvalue weighted by Gasteiger charge is -2.11. The topological polar surface area (TPSA) is 83.5 Å². The monoisotopic (exact) mass is 345 g/mol. The number of hydrogen-bond donors (Lipinski definition) is 2. The molecular weight excluding hydrogens is 334 g/mol. The summed E-state index contributed by atoms with van der Waals surface area (Å²) >= 11 is 6.72. The van der Waals surface area contributed by atoms with Gasteiger partial charge in [-0.3, -0.25) is 4.72 Å². The van der Waals surface area contributed by atoms with Gasteiger partial charge in [-0.05, 0) is 48.6 Å². The molecule has 112 valence electrons. The number of nitrogens with one attached hydrogen (secondary N) is 1. The molecule has 0 radical (unpaired) electrons. The van der Waals surface area contributed by atoms with Crippen molar-refractivity contribution in [3.63, 3.8) is 0 Å². The molecule has 0 aliphatic heterocycles. The van der Waals surface area contributed by atoms with Crippen molar-refractivity contribution in [3.8, 4) is 0 Å². The molecule has 5 nitrogen and oxygen atoms in total. The average Bonchev–Trinajstić information content (AvgIpc) is 2.76. The van der Waals surface area contributed by atoms with Gasteiger partial charge in [-0.15, -0.1) is 11.3 Å². The van der Waals surface area contributed by atoms with E-state index in [-0.39, 0.29) is 9.77 Å². The summed E-state index contributed by atoms with van der Waals surface area (Å²) in [6.07, 6.45) is 0. The highest BCUT2D eigenvalue weighted by atomic mass is 35.5. The summed E-state index contributed by atoms with van der Waals surface area (Å²) in [5.74, 6) is -1.26. The van der Waals surface area contributed by atoms with E-state index in [1.807, 2.05) is 0 Å². The quantitative estimate of drug-likeness (QED) is 0.888. The lowest BCUT2D eigenvalue weighted by Crippen LogP contribution is -2.16. The first-order valence-corrected chi connectivity index (χ1v) is 8.57. The van der Waals surface area contributed by atoms with Gasteiger partial charge in [0.05, 0.1) is 5.69 Å². The second-order valence-corrected chi connectivity index (χ2v) is 7.38. The number of rotatable bonds is 4. The molecule has 0 bridgehead atoms. The highest BCUT2D eigenvalue weighted by Gasteiger charge is 2.27. The minimum absolute atomic E-state index is 0.200. The second kappa shape index (κ2) is 5.67. The van der Waals surface area contributed by atoms with Gasteiger partial charge in [-0.2, -0.15) is 0 Å². The second-order valence-electron chi connectivity index (χ2n) is 4.45. The first-order valence-electron chi connectivity index (χ1n) is 5.82. The minimum atomic E-state index is -3.98. The van der Waals surface area contributed by atoms with Crippen molar-refractivity contribution in [1.29, 1.82) is 0 Å². The number of carboxylic acid groups (broad SMARTS) is 1. The van der Waals surface area contributed by atoms with Crippen LogP contribution in [0.4, 0.5) is 5.69 Å². The number of hydrogen-bond acceptors (Lipinski definition) is 4. The Hall–Kier alpha value is -1.57. The molecular formula is C13H12ClNO4S2. The fraction of sp³-hybridized carbons (Fsp3) is 0.154. The molecule has 0 fully saturated rings. The third kappa shape index (κ3) is 3.20. The fourth-order valence-electron chi connectivity index (χ4n) is 1.85. The Morgan fingerprint density at radius 1 is 1.29 bits per heavy atom. The number of thiophene rings is 1. The minimum Gasteiger partial charge on any atom is -0.477 e. The van der Waals surface area contributed by atoms with Gasteiger partial charge >= 0.3 is 5.97 Å². The van der Waals surface area contributed by atoms with Crippen molar-refractivity contribution in [2.24, 2.45) is 0 Å². The normalized spacial score (nSPS) is 11.4. The molecule has 0 aliphatic rings. The highest BCUT2D eigenvalue weighted by molar-refractivity contribution is 7.93. The number of anilines is 1. The Balaban J connectivity index is 2.48. The maximum Gasteiger partial charge on any atom is 0.347 e. The molecule has 0 saturated heterocycles. The highest BCUT2D eigenvalue weighted by Crippen LogP contribution is 2.30. The molecule has 1 aromatic carbocycles. The van der Waals surface area contributed by atoms with Gasteiger partial charge in [0.25, 0.3) is 10.0 Å². The molecule has 0 saturated carbocycles. The van der Waals surface area contributed by atoms with Gasteiger partial charge in [0, 0.05) is 5.02 Å². The van der Waals surface area contributed by atoms with E-state index in [0.29, 0.717) is 21.8 Å². The molecule has 0 unspecified atom stereocenters. The molecule has 0 amide bonds. The summed E-state index contributed by atoms with van der Waals surface area (Å²) in [6.45, 7) is 3.27. The van der Waals surface area contributed by atoms with Gasteiger partial charge in [0.15, 0.2) is 0 Å². The van der Waals surface area contributed by atoms with Crippen LogP contribution in [0.1, 0.15) is 20.8 Å². The van der Waals surface area contributed by atoms with Crippen LogP contribution in [0.2, 0.25) is 5.02 Å². The van der Waals surface area contributed by atoms with E-state index in [4.69, 9.17) is 16.7 Å². The first kappa shape index (κ1) is 15.8. The van der Waals surface area contributed by atoms with E-state index >= 15 is 0 Å². The Morgan fingerprint density at radius 2 is 1.95 bits per heavy atom. The summed E-state index contributed by atoms with van der Waals surface area (Å²) in [5.41, 5.74) is 1.41. The summed E-state index contributed by atoms with van der Waals surface area (Å²) < 4.78 is 27.3. The van der Waals surface area contributed by atoms with Crippen molar-refractivity contribution in [1.82, 2.24) is 0 Å². The molecule has 1 aromatic heterocycles. The summed E-state index contributed by atoms with van der Waals surface area (Å²) in [4.78, 5) is 10.7. The third-order valence-corrected chi connectivity index (χ3v) is 5.82. The van der Waals surface area contributed by atoms with Crippen molar-refractivity contribution in [2.45, 2.75) is 18.7 Å². The van der Waals surface area contributed by atoms with Crippen LogP contribution in [-0.4, -0.2) is 19.5 Å². The van der Waals surface area contributed by atoms with E-state index in [2.05, 4.69) is 4.72 Å². The number of halogens is 1. The van der Waals surface area contributed by atoms with E-state index < -0.39 is 16.0 Å². The van der Waals surface area contributed by atoms with Crippen LogP contribution < -0.4 is 4.72 Å². The molecule has 0 aliphatic carbocycles. The van der Waals surface area contributed by atoms with Gasteiger partial charge in [0.2, 0.25) is 0 Å². The van der Waals surface area contributed by atoms with Crippen molar-refractivity contribution in [2.75, 3.05) is 4.72 Å². The van der Waals surface area contributed by atoms with Crippen LogP contribution >= 0.6 is 22.9 Å². The van der Waals surface area contributed by atoms with Gasteiger partial charge in [-0.1, -0.05) is 11.6 Å². The average molecular weight is 346 g/mol. The SMILES string of the molecule is Cc1cc(Cl)ccc1NS(=O)(=O)c1c(C)csc1C(=O)O. The van der Waals surface area contributed by atoms with E-state index in [0.717, 1.165) is 11.3 Å². The van der Waals surface area contributed by atoms with E-state index in [1.54, 1.807) is 26.0 Å². The Labute approximate surface area is 131 Å². The Bertz CT molecular complexity index is 812. The maximum absolute atomic E-state index is 12.4. The Kier molecular flexibility index (Phi) is 4.27. The smallest absolute Gasteiger partial charge is 0.347 e. The van der Waals surface area contributed by atoms with Crippen molar-refractivity contribution >= 4 is 44.6 Å². The Morgan fingerprint density at radius 3 is 2.52 bits per heavy atom. The lowest BCUT2D eigenvalue weighted by molar-refractivity contribution is 0.0698. The molecule has 0 spiro atoms. The predicted octanol–water partition coefficient (Wildman–Crippen LogP) is 3.52. The number of benzene rings is 1. The number of carbonyl (C=O) groups is 1. The van der Waals surface area contributed by atoms with Crippen LogP contribution in [0.5, 0.6) is 0 Å². The van der Waals surface area contributed by atoms with Crippen LogP contribution in [0.3, 0.4) is 0 Å². The number of aromatic carboxylic acids is 1. The molecule has 2 rings (SSSR count). The van der Waals surface area contributed by atoms with Crippen molar-refractivity contribution < 1.29 is 18.3 Å². The van der Waals surface area contributed by atoms with Gasteiger partial charge in [0.1, 0.15) is 9.77 Å². The molecule has 2 aromatic rings. The van der Waals surface area contributed by atoms with Crippen molar-refractivity contribution in [3.05, 3.63) is 44.6 Å². The molecule has 0 atom stereocenters. The van der Waals surface area contributed by atoms with Crippen LogP contribution in [0.25, 0.3) is 0 Å². The summed E-state index contributed by atoms with van der Waals surface area (Å²) in [5, 5.41) is 11.1. The van der Waals surface area contributed by atoms with Gasteiger partial charge < -0.3 is 5.11 Å². The number of sulfonamides is 1. The van der Waals surface area contributed by atoms with Crippen LogP contribution in [0.15, 0.2) is 28.5 Å². The predicted molar refractivity (Wildman–Crippen MR) is 83.0 cm³/mol. The summed E-state index contributed by atoms with van der Waals surface area (Å²) in [7, 11) is -3.98. The zero-order valence-corrected chi connectivity index (χ0v) is 13.6. The lowest BCUT2D eigenvalue weighted by atomic mass is 10.2. The third-order valence-electron chi connectivity index (χ3n) is 2.81. The van der Waals surface area contributed by atoms with Crippen LogP contribution in [-0.2, 0) is 10.0 Å². The number of carboxylic acids is 1. The zero-order chi connectivity index (χ0) is 15.8. The summed E-state index contributed by atoms with van der Waals surface area (Å²) in [6, 6.07) is 4.72. The largest absolute Gasteiger partial charge is 0.477 e. The standard InChI is InChI=1S/C13H12ClNO4S2/c1-7-5-9(14)3-4-10(7)15-21(18,19)12-8(2)6-20-11(12)13(16)17/h3-6,15H,1-2H3,(H,16,17). The number of aryl methyl sites for hydroxylation is 2. The van der Waals surface area contributed by atoms with Gasteiger partial charge in [-0.25, -0.2) is 13.2 Å². The van der Waals surface area contributed by atoms with E-state index in [9.17, 15) is 13.2 Å². The van der Waals surface area contributed by atoms with Crippen LogP contribution in [0, 0.1) is 13.8 Å². The molecule has 21 heavy (non-hydrogen) atoms.